The quantitative estimate of drug-likeness (QED) is 0.495. The highest BCUT2D eigenvalue weighted by Gasteiger charge is 2.40. The lowest BCUT2D eigenvalue weighted by atomic mass is 9.71. The number of hydrogen-bond donors (Lipinski definition) is 1. The van der Waals surface area contributed by atoms with Crippen molar-refractivity contribution in [1.29, 1.82) is 0 Å². The third-order valence-electron chi connectivity index (χ3n) is 6.70. The molecule has 0 saturated carbocycles. The summed E-state index contributed by atoms with van der Waals surface area (Å²) in [6, 6.07) is 13.8. The van der Waals surface area contributed by atoms with E-state index in [4.69, 9.17) is 9.47 Å². The molecule has 2 aromatic carbocycles. The van der Waals surface area contributed by atoms with E-state index in [2.05, 4.69) is 21.2 Å². The van der Waals surface area contributed by atoms with Crippen LogP contribution in [0.25, 0.3) is 0 Å². The average molecular weight is 522 g/mol. The van der Waals surface area contributed by atoms with Gasteiger partial charge in [0.1, 0.15) is 6.61 Å². The van der Waals surface area contributed by atoms with Gasteiger partial charge in [-0.15, -0.1) is 0 Å². The Hall–Kier alpha value is -2.86. The monoisotopic (exact) mass is 521 g/mol. The molecule has 0 aromatic heterocycles. The fourth-order valence-electron chi connectivity index (χ4n) is 5.15. The van der Waals surface area contributed by atoms with Crippen LogP contribution in [0.5, 0.6) is 11.5 Å². The maximum Gasteiger partial charge on any atom is 0.161 e. The molecule has 0 spiro atoms. The molecular weight excluding hydrogens is 494 g/mol. The van der Waals surface area contributed by atoms with Crippen LogP contribution in [0.15, 0.2) is 69.5 Å². The smallest absolute Gasteiger partial charge is 0.161 e. The normalized spacial score (nSPS) is 18.4. The number of carbonyl (C=O) groups excluding carboxylic acids is 2. The highest BCUT2D eigenvalue weighted by molar-refractivity contribution is 9.10. The maximum absolute atomic E-state index is 13.1. The van der Waals surface area contributed by atoms with Crippen LogP contribution in [-0.4, -0.2) is 18.2 Å². The second-order valence-corrected chi connectivity index (χ2v) is 9.87. The molecule has 5 rings (SSSR count). The molecule has 6 heteroatoms. The van der Waals surface area contributed by atoms with Crippen molar-refractivity contribution < 1.29 is 19.1 Å². The molecule has 1 aliphatic heterocycles. The highest BCUT2D eigenvalue weighted by atomic mass is 79.9. The standard InChI is InChI=1S/C28H28BrNO4/c1-2-33-25-15-18(11-14-24(25)34-16-17-9-12-19(29)13-10-17)26-27-20(5-3-7-22(27)31)30-21-6-4-8-23(32)28(21)26/h9-15,26,30H,2-8,16H2,1H3. The van der Waals surface area contributed by atoms with E-state index in [1.54, 1.807) is 0 Å². The van der Waals surface area contributed by atoms with Gasteiger partial charge in [-0.05, 0) is 68.0 Å². The first kappa shape index (κ1) is 22.9. The zero-order valence-corrected chi connectivity index (χ0v) is 20.9. The Kier molecular flexibility index (Phi) is 6.59. The van der Waals surface area contributed by atoms with E-state index in [1.165, 1.54) is 0 Å². The Bertz CT molecular complexity index is 1150. The van der Waals surface area contributed by atoms with Gasteiger partial charge in [-0.3, -0.25) is 9.59 Å². The fraction of sp³-hybridized carbons (Fsp3) is 0.357. The Morgan fingerprint density at radius 1 is 0.853 bits per heavy atom. The van der Waals surface area contributed by atoms with Gasteiger partial charge in [0.05, 0.1) is 6.61 Å². The molecule has 0 saturated heterocycles. The Balaban J connectivity index is 1.52. The van der Waals surface area contributed by atoms with E-state index in [1.807, 2.05) is 49.4 Å². The predicted molar refractivity (Wildman–Crippen MR) is 134 cm³/mol. The van der Waals surface area contributed by atoms with Gasteiger partial charge in [0.2, 0.25) is 0 Å². The molecule has 1 N–H and O–H groups in total. The summed E-state index contributed by atoms with van der Waals surface area (Å²) in [7, 11) is 0. The maximum atomic E-state index is 13.1. The molecule has 5 nitrogen and oxygen atoms in total. The number of rotatable bonds is 6. The van der Waals surface area contributed by atoms with Crippen molar-refractivity contribution in [2.24, 2.45) is 0 Å². The van der Waals surface area contributed by atoms with Gasteiger partial charge < -0.3 is 14.8 Å². The largest absolute Gasteiger partial charge is 0.490 e. The van der Waals surface area contributed by atoms with Gasteiger partial charge in [-0.1, -0.05) is 34.1 Å². The molecule has 0 bridgehead atoms. The van der Waals surface area contributed by atoms with E-state index in [9.17, 15) is 9.59 Å². The van der Waals surface area contributed by atoms with Crippen molar-refractivity contribution >= 4 is 27.5 Å². The van der Waals surface area contributed by atoms with Crippen LogP contribution in [0.4, 0.5) is 0 Å². The van der Waals surface area contributed by atoms with Crippen molar-refractivity contribution in [3.05, 3.63) is 80.6 Å². The lowest BCUT2D eigenvalue weighted by Gasteiger charge is -2.37. The second kappa shape index (κ2) is 9.79. The van der Waals surface area contributed by atoms with E-state index in [0.29, 0.717) is 37.6 Å². The minimum absolute atomic E-state index is 0.136. The van der Waals surface area contributed by atoms with Crippen LogP contribution in [-0.2, 0) is 16.2 Å². The number of Topliss-reactive ketones (excluding diaryl/α,β-unsaturated/α-hetero) is 2. The second-order valence-electron chi connectivity index (χ2n) is 8.95. The van der Waals surface area contributed by atoms with Gasteiger partial charge in [0, 0.05) is 45.8 Å². The first-order valence-electron chi connectivity index (χ1n) is 12.0. The molecule has 1 heterocycles. The van der Waals surface area contributed by atoms with Gasteiger partial charge >= 0.3 is 0 Å². The van der Waals surface area contributed by atoms with Crippen LogP contribution in [0.3, 0.4) is 0 Å². The van der Waals surface area contributed by atoms with Crippen LogP contribution >= 0.6 is 15.9 Å². The zero-order chi connectivity index (χ0) is 23.7. The lowest BCUT2D eigenvalue weighted by Crippen LogP contribution is -2.36. The van der Waals surface area contributed by atoms with Crippen molar-refractivity contribution in [3.8, 4) is 11.5 Å². The van der Waals surface area contributed by atoms with Crippen molar-refractivity contribution in [3.63, 3.8) is 0 Å². The zero-order valence-electron chi connectivity index (χ0n) is 19.3. The van der Waals surface area contributed by atoms with Gasteiger partial charge in [0.25, 0.3) is 0 Å². The lowest BCUT2D eigenvalue weighted by molar-refractivity contribution is -0.116. The van der Waals surface area contributed by atoms with Gasteiger partial charge in [0.15, 0.2) is 23.1 Å². The Morgan fingerprint density at radius 3 is 2.12 bits per heavy atom. The summed E-state index contributed by atoms with van der Waals surface area (Å²) in [5.41, 5.74) is 5.45. The molecule has 176 valence electrons. The van der Waals surface area contributed by atoms with Crippen LogP contribution in [0.1, 0.15) is 62.5 Å². The van der Waals surface area contributed by atoms with Crippen LogP contribution in [0.2, 0.25) is 0 Å². The number of ether oxygens (including phenoxy) is 2. The molecule has 0 radical (unpaired) electrons. The third kappa shape index (κ3) is 4.43. The number of allylic oxidation sites excluding steroid dienone is 4. The number of halogens is 1. The molecule has 0 fully saturated rings. The summed E-state index contributed by atoms with van der Waals surface area (Å²) in [5.74, 6) is 1.21. The van der Waals surface area contributed by atoms with Crippen LogP contribution in [0, 0.1) is 0 Å². The summed E-state index contributed by atoms with van der Waals surface area (Å²) in [5, 5.41) is 3.47. The van der Waals surface area contributed by atoms with Gasteiger partial charge in [-0.25, -0.2) is 0 Å². The molecule has 2 aromatic rings. The Morgan fingerprint density at radius 2 is 1.50 bits per heavy atom. The SMILES string of the molecule is CCOc1cc(C2C3=C(CCCC3=O)NC3=C2C(=O)CCC3)ccc1OCc1ccc(Br)cc1. The van der Waals surface area contributed by atoms with E-state index in [0.717, 1.165) is 63.8 Å². The molecule has 34 heavy (non-hydrogen) atoms. The number of ketones is 2. The number of dihydropyridines is 1. The fourth-order valence-corrected chi connectivity index (χ4v) is 5.41. The predicted octanol–water partition coefficient (Wildman–Crippen LogP) is 6.13. The first-order valence-corrected chi connectivity index (χ1v) is 12.8. The summed E-state index contributed by atoms with van der Waals surface area (Å²) in [6.07, 6.45) is 4.44. The summed E-state index contributed by atoms with van der Waals surface area (Å²) in [4.78, 5) is 26.1. The molecule has 3 aliphatic rings. The molecule has 0 unspecified atom stereocenters. The van der Waals surface area contributed by atoms with Crippen molar-refractivity contribution in [2.45, 2.75) is 58.0 Å². The van der Waals surface area contributed by atoms with Crippen molar-refractivity contribution in [1.82, 2.24) is 5.32 Å². The minimum atomic E-state index is -0.341. The number of carbonyl (C=O) groups is 2. The summed E-state index contributed by atoms with van der Waals surface area (Å²) >= 11 is 3.46. The Labute approximate surface area is 208 Å². The molecule has 0 amide bonds. The summed E-state index contributed by atoms with van der Waals surface area (Å²) < 4.78 is 13.1. The third-order valence-corrected chi connectivity index (χ3v) is 7.23. The van der Waals surface area contributed by atoms with E-state index < -0.39 is 0 Å². The molecular formula is C28H28BrNO4. The van der Waals surface area contributed by atoms with Crippen LogP contribution < -0.4 is 14.8 Å². The first-order chi connectivity index (χ1) is 16.5. The van der Waals surface area contributed by atoms with E-state index in [-0.39, 0.29) is 17.5 Å². The van der Waals surface area contributed by atoms with Crippen molar-refractivity contribution in [2.75, 3.05) is 6.61 Å². The topological polar surface area (TPSA) is 64.6 Å². The average Bonchev–Trinajstić information content (AvgIpc) is 2.83. The molecule has 0 atom stereocenters. The summed E-state index contributed by atoms with van der Waals surface area (Å²) in [6.45, 7) is 2.85. The number of nitrogens with one attached hydrogen (secondary N) is 1. The molecule has 2 aliphatic carbocycles. The number of hydrogen-bond acceptors (Lipinski definition) is 5. The number of benzene rings is 2. The van der Waals surface area contributed by atoms with Gasteiger partial charge in [-0.2, -0.15) is 0 Å². The minimum Gasteiger partial charge on any atom is -0.490 e. The van der Waals surface area contributed by atoms with E-state index >= 15 is 0 Å². The highest BCUT2D eigenvalue weighted by Crippen LogP contribution is 2.46.